The fourth-order valence-corrected chi connectivity index (χ4v) is 3.61. The van der Waals surface area contributed by atoms with Crippen molar-refractivity contribution in [2.75, 3.05) is 33.3 Å². The number of nitrogens with two attached hydrogens (primary N) is 1. The number of guanidine groups is 1. The first-order valence-corrected chi connectivity index (χ1v) is 11.2. The highest BCUT2D eigenvalue weighted by molar-refractivity contribution is 6.42. The summed E-state index contributed by atoms with van der Waals surface area (Å²) in [5.41, 5.74) is 7.13. The Hall–Kier alpha value is -2.56. The van der Waals surface area contributed by atoms with Gasteiger partial charge >= 0.3 is 6.03 Å². The molecule has 0 aromatic heterocycles. The lowest BCUT2D eigenvalue weighted by Crippen LogP contribution is -2.65. The summed E-state index contributed by atoms with van der Waals surface area (Å²) in [6.07, 6.45) is -1.24. The van der Waals surface area contributed by atoms with Crippen molar-refractivity contribution in [2.45, 2.75) is 19.4 Å². The first-order chi connectivity index (χ1) is 15.9. The van der Waals surface area contributed by atoms with E-state index >= 15 is 0 Å². The Morgan fingerprint density at radius 2 is 1.79 bits per heavy atom. The number of aliphatic imine (C=N–C) groups is 1. The smallest absolute Gasteiger partial charge is 0.327 e. The molecule has 1 aliphatic heterocycles. The van der Waals surface area contributed by atoms with Crippen molar-refractivity contribution in [1.29, 1.82) is 0 Å². The van der Waals surface area contributed by atoms with Crippen LogP contribution in [0.5, 0.6) is 5.75 Å². The number of nitrogens with one attached hydrogen (secondary N) is 2. The lowest BCUT2D eigenvalue weighted by molar-refractivity contribution is -0.0732. The minimum Gasteiger partial charge on any atom is -0.497 e. The standard InChI is InChI=1S/C22H28Cl2N6O3/c1-33-17-5-2-15(3-6-17)13-29-20(27-11-10-26-9-8-25)28-21(31)30(22(29)32)14-16-4-7-18(23)19(24)12-16/h2-7,12,22,26,32H,8-11,13-14,25H2,1H3,(H,27,28,31). The number of halogens is 2. The molecule has 1 atom stereocenters. The third kappa shape index (κ3) is 6.72. The average molecular weight is 495 g/mol. The molecule has 1 saturated heterocycles. The minimum absolute atomic E-state index is 0.133. The third-order valence-corrected chi connectivity index (χ3v) is 5.77. The number of nitrogens with zero attached hydrogens (tertiary/aromatic N) is 3. The molecule has 0 radical (unpaired) electrons. The van der Waals surface area contributed by atoms with E-state index < -0.39 is 12.4 Å². The Morgan fingerprint density at radius 1 is 1.09 bits per heavy atom. The fraction of sp³-hybridized carbons (Fsp3) is 0.364. The molecule has 1 aliphatic rings. The van der Waals surface area contributed by atoms with E-state index in [-0.39, 0.29) is 6.54 Å². The molecule has 0 aliphatic carbocycles. The van der Waals surface area contributed by atoms with Gasteiger partial charge in [-0.3, -0.25) is 20.1 Å². The normalized spacial score (nSPS) is 17.4. The highest BCUT2D eigenvalue weighted by Gasteiger charge is 2.36. The lowest BCUT2D eigenvalue weighted by Gasteiger charge is -2.42. The second-order valence-electron chi connectivity index (χ2n) is 7.37. The maximum absolute atomic E-state index is 12.8. The summed E-state index contributed by atoms with van der Waals surface area (Å²) in [4.78, 5) is 20.2. The Morgan fingerprint density at radius 3 is 2.45 bits per heavy atom. The molecule has 2 aromatic rings. The van der Waals surface area contributed by atoms with E-state index in [2.05, 4.69) is 15.6 Å². The molecule has 5 N–H and O–H groups in total. The summed E-state index contributed by atoms with van der Waals surface area (Å²) < 4.78 is 5.21. The molecule has 33 heavy (non-hydrogen) atoms. The van der Waals surface area contributed by atoms with Gasteiger partial charge in [0.2, 0.25) is 12.3 Å². The zero-order valence-electron chi connectivity index (χ0n) is 18.3. The fourth-order valence-electron chi connectivity index (χ4n) is 3.29. The van der Waals surface area contributed by atoms with Gasteiger partial charge in [0.1, 0.15) is 5.75 Å². The van der Waals surface area contributed by atoms with Crippen molar-refractivity contribution in [3.8, 4) is 5.75 Å². The van der Waals surface area contributed by atoms with Crippen LogP contribution in [0.3, 0.4) is 0 Å². The van der Waals surface area contributed by atoms with Crippen LogP contribution in [-0.2, 0) is 13.1 Å². The number of amides is 2. The number of benzene rings is 2. The van der Waals surface area contributed by atoms with Gasteiger partial charge in [-0.1, -0.05) is 41.4 Å². The maximum atomic E-state index is 12.8. The van der Waals surface area contributed by atoms with Gasteiger partial charge in [0.15, 0.2) is 0 Å². The second kappa shape index (κ2) is 12.1. The topological polar surface area (TPSA) is 115 Å². The highest BCUT2D eigenvalue weighted by Crippen LogP contribution is 2.25. The SMILES string of the molecule is COc1ccc(CN2C(=NCCNCCN)NC(=O)N(Cc3ccc(Cl)c(Cl)c3)C2O)cc1. The van der Waals surface area contributed by atoms with Crippen LogP contribution >= 0.6 is 23.2 Å². The van der Waals surface area contributed by atoms with Crippen molar-refractivity contribution in [1.82, 2.24) is 20.4 Å². The summed E-state index contributed by atoms with van der Waals surface area (Å²) >= 11 is 12.1. The van der Waals surface area contributed by atoms with E-state index in [4.69, 9.17) is 33.7 Å². The number of rotatable bonds is 10. The van der Waals surface area contributed by atoms with Crippen molar-refractivity contribution in [3.63, 3.8) is 0 Å². The summed E-state index contributed by atoms with van der Waals surface area (Å²) in [6, 6.07) is 12.1. The summed E-state index contributed by atoms with van der Waals surface area (Å²) in [5, 5.41) is 17.9. The molecule has 0 saturated carbocycles. The molecule has 11 heteroatoms. The predicted octanol–water partition coefficient (Wildman–Crippen LogP) is 2.21. The molecular weight excluding hydrogens is 467 g/mol. The number of ether oxygens (including phenoxy) is 1. The largest absolute Gasteiger partial charge is 0.497 e. The molecule has 178 valence electrons. The van der Waals surface area contributed by atoms with Gasteiger partial charge in [-0.15, -0.1) is 0 Å². The zero-order chi connectivity index (χ0) is 23.8. The van der Waals surface area contributed by atoms with Gasteiger partial charge in [-0.2, -0.15) is 0 Å². The van der Waals surface area contributed by atoms with Crippen molar-refractivity contribution in [2.24, 2.45) is 10.7 Å². The van der Waals surface area contributed by atoms with E-state index in [9.17, 15) is 9.90 Å². The van der Waals surface area contributed by atoms with Crippen LogP contribution in [-0.4, -0.2) is 66.5 Å². The molecule has 2 aromatic carbocycles. The van der Waals surface area contributed by atoms with E-state index in [1.54, 1.807) is 30.2 Å². The number of hydrogen-bond donors (Lipinski definition) is 4. The van der Waals surface area contributed by atoms with E-state index in [1.165, 1.54) is 4.90 Å². The second-order valence-corrected chi connectivity index (χ2v) is 8.19. The van der Waals surface area contributed by atoms with Crippen LogP contribution in [0.4, 0.5) is 4.79 Å². The van der Waals surface area contributed by atoms with Gasteiger partial charge in [-0.05, 0) is 35.4 Å². The van der Waals surface area contributed by atoms with E-state index in [0.29, 0.717) is 48.7 Å². The van der Waals surface area contributed by atoms with Crippen LogP contribution in [0.2, 0.25) is 10.0 Å². The highest BCUT2D eigenvalue weighted by atomic mass is 35.5. The molecule has 0 spiro atoms. The third-order valence-electron chi connectivity index (χ3n) is 5.03. The van der Waals surface area contributed by atoms with Crippen molar-refractivity contribution >= 4 is 35.2 Å². The van der Waals surface area contributed by atoms with Crippen LogP contribution in [0.25, 0.3) is 0 Å². The molecule has 1 fully saturated rings. The monoisotopic (exact) mass is 494 g/mol. The van der Waals surface area contributed by atoms with Crippen molar-refractivity contribution in [3.05, 3.63) is 63.6 Å². The first kappa shape index (κ1) is 25.1. The molecule has 9 nitrogen and oxygen atoms in total. The number of carbonyl (C=O) groups excluding carboxylic acids is 1. The zero-order valence-corrected chi connectivity index (χ0v) is 19.8. The lowest BCUT2D eigenvalue weighted by atomic mass is 10.2. The number of aliphatic hydroxyl groups excluding tert-OH is 1. The summed E-state index contributed by atoms with van der Waals surface area (Å²) in [5.74, 6) is 1.02. The molecule has 1 heterocycles. The number of carbonyl (C=O) groups is 1. The Labute approximate surface area is 203 Å². The van der Waals surface area contributed by atoms with Gasteiger partial charge in [0.25, 0.3) is 0 Å². The van der Waals surface area contributed by atoms with Crippen LogP contribution < -0.4 is 21.1 Å². The quantitative estimate of drug-likeness (QED) is 0.376. The summed E-state index contributed by atoms with van der Waals surface area (Å²) in [6.45, 7) is 2.66. The van der Waals surface area contributed by atoms with Gasteiger partial charge in [0.05, 0.1) is 36.8 Å². The number of aliphatic hydroxyl groups is 1. The number of methoxy groups -OCH3 is 1. The molecule has 1 unspecified atom stereocenters. The van der Waals surface area contributed by atoms with Gasteiger partial charge in [-0.25, -0.2) is 4.79 Å². The van der Waals surface area contributed by atoms with Crippen LogP contribution in [0.15, 0.2) is 47.5 Å². The van der Waals surface area contributed by atoms with Gasteiger partial charge < -0.3 is 20.9 Å². The average Bonchev–Trinajstić information content (AvgIpc) is 2.81. The molecule has 2 amide bonds. The molecular formula is C22H28Cl2N6O3. The van der Waals surface area contributed by atoms with E-state index in [1.807, 2.05) is 24.3 Å². The Bertz CT molecular complexity index is 973. The molecule has 3 rings (SSSR count). The number of urea groups is 1. The van der Waals surface area contributed by atoms with Gasteiger partial charge in [0, 0.05) is 19.6 Å². The van der Waals surface area contributed by atoms with E-state index in [0.717, 1.165) is 16.9 Å². The maximum Gasteiger partial charge on any atom is 0.327 e. The predicted molar refractivity (Wildman–Crippen MR) is 129 cm³/mol. The van der Waals surface area contributed by atoms with Crippen LogP contribution in [0, 0.1) is 0 Å². The van der Waals surface area contributed by atoms with Crippen LogP contribution in [0.1, 0.15) is 11.1 Å². The summed E-state index contributed by atoms with van der Waals surface area (Å²) in [7, 11) is 1.60. The first-order valence-electron chi connectivity index (χ1n) is 10.5. The minimum atomic E-state index is -1.24. The number of hydrogen-bond acceptors (Lipinski definition) is 6. The Balaban J connectivity index is 1.81. The van der Waals surface area contributed by atoms with Crippen molar-refractivity contribution < 1.29 is 14.6 Å². The Kier molecular flexibility index (Phi) is 9.16. The molecule has 0 bridgehead atoms.